The highest BCUT2D eigenvalue weighted by atomic mass is 79.9. The van der Waals surface area contributed by atoms with Crippen molar-refractivity contribution in [2.24, 2.45) is 5.73 Å². The van der Waals surface area contributed by atoms with Crippen molar-refractivity contribution in [3.05, 3.63) is 22.9 Å². The van der Waals surface area contributed by atoms with E-state index in [1.54, 1.807) is 18.3 Å². The number of hydrogen-bond acceptors (Lipinski definition) is 2. The van der Waals surface area contributed by atoms with Gasteiger partial charge in [-0.15, -0.1) is 0 Å². The SMILES string of the molecule is CC(C)N(C(N)=O)c1ccnc(Br)c1. The number of anilines is 1. The van der Waals surface area contributed by atoms with Gasteiger partial charge in [-0.1, -0.05) is 0 Å². The zero-order valence-electron chi connectivity index (χ0n) is 8.07. The molecule has 1 heterocycles. The lowest BCUT2D eigenvalue weighted by atomic mass is 10.3. The predicted octanol–water partition coefficient (Wildman–Crippen LogP) is 2.14. The maximum atomic E-state index is 11.2. The molecule has 0 aliphatic heterocycles. The van der Waals surface area contributed by atoms with E-state index in [0.717, 1.165) is 5.69 Å². The number of carbonyl (C=O) groups is 1. The number of pyridine rings is 1. The van der Waals surface area contributed by atoms with E-state index in [4.69, 9.17) is 5.73 Å². The first-order valence-corrected chi connectivity index (χ1v) is 5.02. The van der Waals surface area contributed by atoms with E-state index in [1.165, 1.54) is 4.90 Å². The summed E-state index contributed by atoms with van der Waals surface area (Å²) in [6.07, 6.45) is 1.62. The summed E-state index contributed by atoms with van der Waals surface area (Å²) >= 11 is 3.24. The summed E-state index contributed by atoms with van der Waals surface area (Å²) in [5.41, 5.74) is 6.02. The van der Waals surface area contributed by atoms with Gasteiger partial charge in [0.2, 0.25) is 0 Å². The first-order chi connectivity index (χ1) is 6.52. The zero-order chi connectivity index (χ0) is 10.7. The molecule has 0 aromatic carbocycles. The third kappa shape index (κ3) is 2.45. The number of nitrogens with two attached hydrogens (primary N) is 1. The Balaban J connectivity index is 3.05. The van der Waals surface area contributed by atoms with Gasteiger partial charge in [0.15, 0.2) is 0 Å². The van der Waals surface area contributed by atoms with Crippen molar-refractivity contribution >= 4 is 27.6 Å². The molecule has 14 heavy (non-hydrogen) atoms. The fraction of sp³-hybridized carbons (Fsp3) is 0.333. The van der Waals surface area contributed by atoms with Gasteiger partial charge in [0, 0.05) is 17.9 Å². The summed E-state index contributed by atoms with van der Waals surface area (Å²) in [5.74, 6) is 0. The Labute approximate surface area is 91.2 Å². The molecule has 0 saturated heterocycles. The van der Waals surface area contributed by atoms with Crippen LogP contribution in [0.2, 0.25) is 0 Å². The van der Waals surface area contributed by atoms with Crippen LogP contribution in [-0.4, -0.2) is 17.1 Å². The molecular formula is C9H12BrN3O. The van der Waals surface area contributed by atoms with Crippen LogP contribution in [0.15, 0.2) is 22.9 Å². The van der Waals surface area contributed by atoms with Gasteiger partial charge in [0.1, 0.15) is 4.60 Å². The van der Waals surface area contributed by atoms with Crippen LogP contribution in [0.5, 0.6) is 0 Å². The second kappa shape index (κ2) is 4.41. The van der Waals surface area contributed by atoms with Crippen molar-refractivity contribution in [3.8, 4) is 0 Å². The van der Waals surface area contributed by atoms with E-state index < -0.39 is 6.03 Å². The number of rotatable bonds is 2. The maximum absolute atomic E-state index is 11.2. The summed E-state index contributed by atoms with van der Waals surface area (Å²) in [6.45, 7) is 3.80. The van der Waals surface area contributed by atoms with Crippen molar-refractivity contribution in [2.75, 3.05) is 4.90 Å². The summed E-state index contributed by atoms with van der Waals surface area (Å²) in [6, 6.07) is 3.07. The van der Waals surface area contributed by atoms with Gasteiger partial charge >= 0.3 is 6.03 Å². The molecule has 76 valence electrons. The van der Waals surface area contributed by atoms with E-state index in [0.29, 0.717) is 4.60 Å². The molecule has 2 N–H and O–H groups in total. The van der Waals surface area contributed by atoms with Crippen LogP contribution in [0, 0.1) is 0 Å². The third-order valence-corrected chi connectivity index (χ3v) is 2.18. The number of urea groups is 1. The fourth-order valence-corrected chi connectivity index (χ4v) is 1.57. The monoisotopic (exact) mass is 257 g/mol. The molecule has 5 heteroatoms. The number of halogens is 1. The predicted molar refractivity (Wildman–Crippen MR) is 59.1 cm³/mol. The lowest BCUT2D eigenvalue weighted by molar-refractivity contribution is 0.252. The molecule has 0 fully saturated rings. The van der Waals surface area contributed by atoms with E-state index in [9.17, 15) is 4.79 Å². The number of amides is 2. The molecule has 0 unspecified atom stereocenters. The first kappa shape index (κ1) is 11.0. The Morgan fingerprint density at radius 3 is 2.71 bits per heavy atom. The van der Waals surface area contributed by atoms with Crippen LogP contribution < -0.4 is 10.6 Å². The molecule has 0 spiro atoms. The second-order valence-electron chi connectivity index (χ2n) is 3.14. The van der Waals surface area contributed by atoms with Crippen molar-refractivity contribution in [2.45, 2.75) is 19.9 Å². The lowest BCUT2D eigenvalue weighted by Gasteiger charge is -2.24. The molecule has 2 amide bonds. The van der Waals surface area contributed by atoms with E-state index >= 15 is 0 Å². The largest absolute Gasteiger partial charge is 0.351 e. The minimum absolute atomic E-state index is 0.0294. The summed E-state index contributed by atoms with van der Waals surface area (Å²) in [7, 11) is 0. The van der Waals surface area contributed by atoms with Gasteiger partial charge in [-0.25, -0.2) is 9.78 Å². The normalized spacial score (nSPS) is 10.3. The Morgan fingerprint density at radius 1 is 1.64 bits per heavy atom. The minimum Gasteiger partial charge on any atom is -0.351 e. The third-order valence-electron chi connectivity index (χ3n) is 1.74. The number of carbonyl (C=O) groups excluding carboxylic acids is 1. The lowest BCUT2D eigenvalue weighted by Crippen LogP contribution is -2.40. The number of hydrogen-bond donors (Lipinski definition) is 1. The topological polar surface area (TPSA) is 59.2 Å². The van der Waals surface area contributed by atoms with Crippen LogP contribution in [0.25, 0.3) is 0 Å². The average Bonchev–Trinajstić information content (AvgIpc) is 2.02. The fourth-order valence-electron chi connectivity index (χ4n) is 1.22. The van der Waals surface area contributed by atoms with Gasteiger partial charge in [-0.3, -0.25) is 4.90 Å². The van der Waals surface area contributed by atoms with Gasteiger partial charge in [0.25, 0.3) is 0 Å². The van der Waals surface area contributed by atoms with Crippen molar-refractivity contribution in [1.82, 2.24) is 4.98 Å². The van der Waals surface area contributed by atoms with Gasteiger partial charge < -0.3 is 5.73 Å². The van der Waals surface area contributed by atoms with Crippen LogP contribution in [0.4, 0.5) is 10.5 Å². The molecule has 0 saturated carbocycles. The molecule has 1 aromatic rings. The summed E-state index contributed by atoms with van der Waals surface area (Å²) < 4.78 is 0.682. The van der Waals surface area contributed by atoms with Gasteiger partial charge in [-0.05, 0) is 41.9 Å². The Kier molecular flexibility index (Phi) is 3.46. The molecule has 1 aromatic heterocycles. The Hall–Kier alpha value is -1.10. The highest BCUT2D eigenvalue weighted by Crippen LogP contribution is 2.19. The molecule has 0 bridgehead atoms. The van der Waals surface area contributed by atoms with Crippen LogP contribution in [0.3, 0.4) is 0 Å². The molecule has 0 atom stereocenters. The van der Waals surface area contributed by atoms with Crippen molar-refractivity contribution < 1.29 is 4.79 Å². The minimum atomic E-state index is -0.460. The second-order valence-corrected chi connectivity index (χ2v) is 3.95. The standard InChI is InChI=1S/C9H12BrN3O/c1-6(2)13(9(11)14)7-3-4-12-8(10)5-7/h3-6H,1-2H3,(H2,11,14). The van der Waals surface area contributed by atoms with Crippen molar-refractivity contribution in [3.63, 3.8) is 0 Å². The van der Waals surface area contributed by atoms with Crippen molar-refractivity contribution in [1.29, 1.82) is 0 Å². The quantitative estimate of drug-likeness (QED) is 0.826. The zero-order valence-corrected chi connectivity index (χ0v) is 9.65. The highest BCUT2D eigenvalue weighted by molar-refractivity contribution is 9.10. The molecule has 0 aliphatic carbocycles. The highest BCUT2D eigenvalue weighted by Gasteiger charge is 2.15. The average molecular weight is 258 g/mol. The number of primary amides is 1. The first-order valence-electron chi connectivity index (χ1n) is 4.22. The van der Waals surface area contributed by atoms with Crippen LogP contribution in [0.1, 0.15) is 13.8 Å². The maximum Gasteiger partial charge on any atom is 0.319 e. The van der Waals surface area contributed by atoms with E-state index in [-0.39, 0.29) is 6.04 Å². The molecule has 0 aliphatic rings. The van der Waals surface area contributed by atoms with Crippen LogP contribution in [-0.2, 0) is 0 Å². The van der Waals surface area contributed by atoms with E-state index in [1.807, 2.05) is 13.8 Å². The molecule has 1 rings (SSSR count). The smallest absolute Gasteiger partial charge is 0.319 e. The van der Waals surface area contributed by atoms with Gasteiger partial charge in [0.05, 0.1) is 0 Å². The summed E-state index contributed by atoms with van der Waals surface area (Å²) in [4.78, 5) is 16.7. The van der Waals surface area contributed by atoms with Crippen LogP contribution >= 0.6 is 15.9 Å². The summed E-state index contributed by atoms with van der Waals surface area (Å²) in [5, 5.41) is 0. The van der Waals surface area contributed by atoms with E-state index in [2.05, 4.69) is 20.9 Å². The molecule has 4 nitrogen and oxygen atoms in total. The molecular weight excluding hydrogens is 246 g/mol. The Morgan fingerprint density at radius 2 is 2.29 bits per heavy atom. The Bertz CT molecular complexity index is 341. The molecule has 0 radical (unpaired) electrons. The number of nitrogens with zero attached hydrogens (tertiary/aromatic N) is 2. The number of aromatic nitrogens is 1. The van der Waals surface area contributed by atoms with Gasteiger partial charge in [-0.2, -0.15) is 0 Å².